The minimum atomic E-state index is -3.73. The second kappa shape index (κ2) is 8.85. The van der Waals surface area contributed by atoms with E-state index in [1.807, 2.05) is 50.2 Å². The number of sulfonamides is 1. The van der Waals surface area contributed by atoms with Crippen LogP contribution < -0.4 is 10.1 Å². The van der Waals surface area contributed by atoms with Crippen molar-refractivity contribution in [2.75, 3.05) is 20.7 Å². The van der Waals surface area contributed by atoms with Crippen LogP contribution >= 0.6 is 0 Å². The first-order valence-electron chi connectivity index (χ1n) is 9.57. The molecule has 0 aromatic heterocycles. The van der Waals surface area contributed by atoms with E-state index in [1.165, 1.54) is 7.05 Å². The molecule has 0 aliphatic rings. The van der Waals surface area contributed by atoms with Crippen LogP contribution in [-0.4, -0.2) is 39.3 Å². The van der Waals surface area contributed by atoms with Crippen molar-refractivity contribution in [1.29, 1.82) is 0 Å². The molecule has 0 saturated carbocycles. The van der Waals surface area contributed by atoms with E-state index in [4.69, 9.17) is 4.74 Å². The van der Waals surface area contributed by atoms with Crippen LogP contribution in [-0.2, 0) is 21.4 Å². The summed E-state index contributed by atoms with van der Waals surface area (Å²) in [7, 11) is -0.694. The number of likely N-dealkylation sites (N-methyl/N-ethyl adjacent to an activating group) is 1. The fourth-order valence-electron chi connectivity index (χ4n) is 3.11. The molecular weight excluding hydrogens is 400 g/mol. The number of aryl methyl sites for hydroxylation is 2. The molecule has 0 atom stereocenters. The van der Waals surface area contributed by atoms with Gasteiger partial charge in [0.15, 0.2) is 0 Å². The SMILES string of the molecule is COc1ccc2cc(CNC(=O)CN(C)S(=O)(=O)c3ccc(C)c(C)c3)ccc2c1. The molecule has 6 nitrogen and oxygen atoms in total. The van der Waals surface area contributed by atoms with Crippen molar-refractivity contribution in [3.05, 3.63) is 71.3 Å². The molecule has 0 spiro atoms. The number of nitrogens with one attached hydrogen (secondary N) is 1. The highest BCUT2D eigenvalue weighted by Crippen LogP contribution is 2.22. The van der Waals surface area contributed by atoms with E-state index < -0.39 is 10.0 Å². The highest BCUT2D eigenvalue weighted by molar-refractivity contribution is 7.89. The number of hydrogen-bond acceptors (Lipinski definition) is 4. The predicted octanol–water partition coefficient (Wildman–Crippen LogP) is 3.40. The van der Waals surface area contributed by atoms with Gasteiger partial charge in [-0.15, -0.1) is 0 Å². The predicted molar refractivity (Wildman–Crippen MR) is 118 cm³/mol. The van der Waals surface area contributed by atoms with Crippen LogP contribution in [0.2, 0.25) is 0 Å². The largest absolute Gasteiger partial charge is 0.497 e. The Bertz CT molecular complexity index is 1190. The average Bonchev–Trinajstić information content (AvgIpc) is 2.73. The first kappa shape index (κ1) is 21.8. The smallest absolute Gasteiger partial charge is 0.243 e. The molecule has 3 aromatic rings. The number of carbonyl (C=O) groups excluding carboxylic acids is 1. The van der Waals surface area contributed by atoms with Crippen LogP contribution in [0.15, 0.2) is 59.5 Å². The molecule has 3 aromatic carbocycles. The Balaban J connectivity index is 1.63. The monoisotopic (exact) mass is 426 g/mol. The molecule has 0 aliphatic heterocycles. The van der Waals surface area contributed by atoms with Gasteiger partial charge in [-0.3, -0.25) is 4.79 Å². The van der Waals surface area contributed by atoms with Crippen LogP contribution in [0.5, 0.6) is 5.75 Å². The number of rotatable bonds is 7. The van der Waals surface area contributed by atoms with Gasteiger partial charge in [-0.2, -0.15) is 4.31 Å². The second-order valence-corrected chi connectivity index (χ2v) is 9.38. The molecule has 0 radical (unpaired) electrons. The summed E-state index contributed by atoms with van der Waals surface area (Å²) in [4.78, 5) is 12.5. The van der Waals surface area contributed by atoms with E-state index in [-0.39, 0.29) is 17.3 Å². The Morgan fingerprint density at radius 1 is 0.967 bits per heavy atom. The topological polar surface area (TPSA) is 75.7 Å². The standard InChI is InChI=1S/C23H26N2O4S/c1-16-5-10-22(11-17(16)2)30(27,28)25(3)15-23(26)24-14-18-6-7-20-13-21(29-4)9-8-19(20)12-18/h5-13H,14-15H2,1-4H3,(H,24,26). The number of benzene rings is 3. The van der Waals surface area contributed by atoms with E-state index >= 15 is 0 Å². The molecule has 7 heteroatoms. The van der Waals surface area contributed by atoms with E-state index in [2.05, 4.69) is 5.32 Å². The van der Waals surface area contributed by atoms with E-state index in [1.54, 1.807) is 25.3 Å². The number of methoxy groups -OCH3 is 1. The lowest BCUT2D eigenvalue weighted by molar-refractivity contribution is -0.121. The van der Waals surface area contributed by atoms with Crippen molar-refractivity contribution >= 4 is 26.7 Å². The Morgan fingerprint density at radius 3 is 2.37 bits per heavy atom. The summed E-state index contributed by atoms with van der Waals surface area (Å²) in [6.07, 6.45) is 0. The van der Waals surface area contributed by atoms with Crippen molar-refractivity contribution in [1.82, 2.24) is 9.62 Å². The number of fused-ring (bicyclic) bond motifs is 1. The summed E-state index contributed by atoms with van der Waals surface area (Å²) in [5, 5.41) is 4.88. The number of ether oxygens (including phenoxy) is 1. The fourth-order valence-corrected chi connectivity index (χ4v) is 4.32. The van der Waals surface area contributed by atoms with Crippen LogP contribution in [0.1, 0.15) is 16.7 Å². The van der Waals surface area contributed by atoms with Crippen molar-refractivity contribution in [3.8, 4) is 5.75 Å². The van der Waals surface area contributed by atoms with Gasteiger partial charge in [0.05, 0.1) is 18.6 Å². The Hall–Kier alpha value is -2.90. The summed E-state index contributed by atoms with van der Waals surface area (Å²) >= 11 is 0. The molecule has 0 fully saturated rings. The van der Waals surface area contributed by atoms with Gasteiger partial charge in [-0.05, 0) is 71.6 Å². The first-order valence-corrected chi connectivity index (χ1v) is 11.0. The summed E-state index contributed by atoms with van der Waals surface area (Å²) in [6, 6.07) is 16.6. The fraction of sp³-hybridized carbons (Fsp3) is 0.261. The minimum absolute atomic E-state index is 0.186. The second-order valence-electron chi connectivity index (χ2n) is 7.33. The molecular formula is C23H26N2O4S. The number of amides is 1. The number of carbonyl (C=O) groups is 1. The van der Waals surface area contributed by atoms with Crippen LogP contribution in [0.25, 0.3) is 10.8 Å². The zero-order valence-corrected chi connectivity index (χ0v) is 18.4. The van der Waals surface area contributed by atoms with Crippen LogP contribution in [0, 0.1) is 13.8 Å². The molecule has 0 saturated heterocycles. The van der Waals surface area contributed by atoms with Gasteiger partial charge in [0.1, 0.15) is 5.75 Å². The minimum Gasteiger partial charge on any atom is -0.497 e. The molecule has 0 heterocycles. The molecule has 30 heavy (non-hydrogen) atoms. The Labute approximate surface area is 177 Å². The van der Waals surface area contributed by atoms with Crippen molar-refractivity contribution < 1.29 is 17.9 Å². The molecule has 0 bridgehead atoms. The average molecular weight is 427 g/mol. The van der Waals surface area contributed by atoms with Gasteiger partial charge >= 0.3 is 0 Å². The lowest BCUT2D eigenvalue weighted by Crippen LogP contribution is -2.38. The summed E-state index contributed by atoms with van der Waals surface area (Å²) in [5.41, 5.74) is 2.84. The zero-order chi connectivity index (χ0) is 21.9. The molecule has 1 amide bonds. The molecule has 3 rings (SSSR count). The third-order valence-electron chi connectivity index (χ3n) is 5.15. The normalized spacial score (nSPS) is 11.6. The van der Waals surface area contributed by atoms with Crippen molar-refractivity contribution in [2.24, 2.45) is 0 Å². The van der Waals surface area contributed by atoms with E-state index in [9.17, 15) is 13.2 Å². The zero-order valence-electron chi connectivity index (χ0n) is 17.6. The first-order chi connectivity index (χ1) is 14.2. The quantitative estimate of drug-likeness (QED) is 0.628. The molecule has 1 N–H and O–H groups in total. The van der Waals surface area contributed by atoms with E-state index in [0.717, 1.165) is 37.5 Å². The Morgan fingerprint density at radius 2 is 1.67 bits per heavy atom. The van der Waals surface area contributed by atoms with Crippen LogP contribution in [0.4, 0.5) is 0 Å². The summed E-state index contributed by atoms with van der Waals surface area (Å²) in [6.45, 7) is 3.85. The number of hydrogen-bond donors (Lipinski definition) is 1. The van der Waals surface area contributed by atoms with Gasteiger partial charge in [-0.25, -0.2) is 8.42 Å². The maximum Gasteiger partial charge on any atom is 0.243 e. The molecule has 0 unspecified atom stereocenters. The van der Waals surface area contributed by atoms with Gasteiger partial charge in [0.2, 0.25) is 15.9 Å². The lowest BCUT2D eigenvalue weighted by atomic mass is 10.1. The van der Waals surface area contributed by atoms with Crippen molar-refractivity contribution in [2.45, 2.75) is 25.3 Å². The van der Waals surface area contributed by atoms with Gasteiger partial charge in [-0.1, -0.05) is 24.3 Å². The van der Waals surface area contributed by atoms with Crippen molar-refractivity contribution in [3.63, 3.8) is 0 Å². The highest BCUT2D eigenvalue weighted by Gasteiger charge is 2.23. The number of nitrogens with zero attached hydrogens (tertiary/aromatic N) is 1. The highest BCUT2D eigenvalue weighted by atomic mass is 32.2. The maximum absolute atomic E-state index is 12.7. The Kier molecular flexibility index (Phi) is 6.43. The molecule has 158 valence electrons. The lowest BCUT2D eigenvalue weighted by Gasteiger charge is -2.17. The van der Waals surface area contributed by atoms with Gasteiger partial charge in [0.25, 0.3) is 0 Å². The maximum atomic E-state index is 12.7. The van der Waals surface area contributed by atoms with E-state index in [0.29, 0.717) is 6.54 Å². The third kappa shape index (κ3) is 4.80. The summed E-state index contributed by atoms with van der Waals surface area (Å²) in [5.74, 6) is 0.427. The van der Waals surface area contributed by atoms with Gasteiger partial charge < -0.3 is 10.1 Å². The molecule has 0 aliphatic carbocycles. The van der Waals surface area contributed by atoms with Crippen LogP contribution in [0.3, 0.4) is 0 Å². The summed E-state index contributed by atoms with van der Waals surface area (Å²) < 4.78 is 31.8. The van der Waals surface area contributed by atoms with Gasteiger partial charge in [0, 0.05) is 13.6 Å². The third-order valence-corrected chi connectivity index (χ3v) is 6.95.